The molecule has 0 radical (unpaired) electrons. The van der Waals surface area contributed by atoms with Crippen molar-refractivity contribution >= 4 is 0 Å². The summed E-state index contributed by atoms with van der Waals surface area (Å²) in [7, 11) is 2.11. The minimum Gasteiger partial charge on any atom is -0.395 e. The van der Waals surface area contributed by atoms with Crippen LogP contribution in [0.4, 0.5) is 0 Å². The van der Waals surface area contributed by atoms with E-state index >= 15 is 0 Å². The molecule has 0 bridgehead atoms. The van der Waals surface area contributed by atoms with Gasteiger partial charge in [0, 0.05) is 31.2 Å². The molecular weight excluding hydrogens is 236 g/mol. The van der Waals surface area contributed by atoms with Gasteiger partial charge in [-0.3, -0.25) is 9.80 Å². The average Bonchev–Trinajstić information content (AvgIpc) is 2.38. The molecule has 1 aliphatic heterocycles. The van der Waals surface area contributed by atoms with E-state index in [1.165, 1.54) is 5.56 Å². The number of aliphatic hydroxyl groups excluding tert-OH is 1. The third-order valence-corrected chi connectivity index (χ3v) is 4.27. The summed E-state index contributed by atoms with van der Waals surface area (Å²) in [6, 6.07) is 10.9. The molecule has 3 heteroatoms. The Morgan fingerprint density at radius 2 is 1.95 bits per heavy atom. The van der Waals surface area contributed by atoms with Crippen molar-refractivity contribution in [3.8, 4) is 0 Å². The van der Waals surface area contributed by atoms with Crippen molar-refractivity contribution in [2.24, 2.45) is 0 Å². The normalized spacial score (nSPS) is 24.5. The fourth-order valence-electron chi connectivity index (χ4n) is 2.98. The number of likely N-dealkylation sites (N-methyl/N-ethyl adjacent to an activating group) is 1. The third kappa shape index (κ3) is 3.56. The molecule has 0 amide bonds. The molecule has 0 spiro atoms. The van der Waals surface area contributed by atoms with Crippen LogP contribution in [-0.2, 0) is 6.42 Å². The molecule has 0 saturated carbocycles. The van der Waals surface area contributed by atoms with Crippen molar-refractivity contribution in [3.63, 3.8) is 0 Å². The van der Waals surface area contributed by atoms with Crippen LogP contribution < -0.4 is 0 Å². The SMILES string of the molecule is CN1CC(C)(C)N(CCc2ccccc2)CC1CO. The zero-order valence-corrected chi connectivity index (χ0v) is 12.3. The third-order valence-electron chi connectivity index (χ3n) is 4.27. The van der Waals surface area contributed by atoms with Crippen molar-refractivity contribution in [3.05, 3.63) is 35.9 Å². The van der Waals surface area contributed by atoms with Gasteiger partial charge in [-0.15, -0.1) is 0 Å². The number of benzene rings is 1. The second kappa shape index (κ2) is 6.04. The first-order valence-corrected chi connectivity index (χ1v) is 7.13. The van der Waals surface area contributed by atoms with Gasteiger partial charge in [-0.05, 0) is 32.9 Å². The smallest absolute Gasteiger partial charge is 0.0599 e. The molecule has 1 heterocycles. The van der Waals surface area contributed by atoms with Crippen molar-refractivity contribution in [1.82, 2.24) is 9.80 Å². The van der Waals surface area contributed by atoms with E-state index in [4.69, 9.17) is 0 Å². The maximum absolute atomic E-state index is 9.47. The van der Waals surface area contributed by atoms with Crippen LogP contribution in [0.2, 0.25) is 0 Å². The Morgan fingerprint density at radius 1 is 1.26 bits per heavy atom. The van der Waals surface area contributed by atoms with Gasteiger partial charge in [0.2, 0.25) is 0 Å². The molecule has 1 atom stereocenters. The Kier molecular flexibility index (Phi) is 4.61. The first-order valence-electron chi connectivity index (χ1n) is 7.13. The minimum absolute atomic E-state index is 0.176. The maximum Gasteiger partial charge on any atom is 0.0599 e. The Labute approximate surface area is 116 Å². The van der Waals surface area contributed by atoms with Gasteiger partial charge in [0.1, 0.15) is 0 Å². The fourth-order valence-corrected chi connectivity index (χ4v) is 2.98. The largest absolute Gasteiger partial charge is 0.395 e. The van der Waals surface area contributed by atoms with Gasteiger partial charge in [0.05, 0.1) is 6.61 Å². The predicted molar refractivity (Wildman–Crippen MR) is 79.3 cm³/mol. The first kappa shape index (κ1) is 14.5. The van der Waals surface area contributed by atoms with E-state index in [1.807, 2.05) is 0 Å². The zero-order chi connectivity index (χ0) is 13.9. The standard InChI is InChI=1S/C16H26N2O/c1-16(2)13-17(3)15(12-19)11-18(16)10-9-14-7-5-4-6-8-14/h4-8,15,19H,9-13H2,1-3H3. The summed E-state index contributed by atoms with van der Waals surface area (Å²) in [5.41, 5.74) is 1.56. The van der Waals surface area contributed by atoms with E-state index in [1.54, 1.807) is 0 Å². The summed E-state index contributed by atoms with van der Waals surface area (Å²) < 4.78 is 0. The predicted octanol–water partition coefficient (Wildman–Crippen LogP) is 1.62. The second-order valence-electron chi connectivity index (χ2n) is 6.25. The van der Waals surface area contributed by atoms with Crippen LogP contribution in [0, 0.1) is 0 Å². The van der Waals surface area contributed by atoms with Gasteiger partial charge in [-0.25, -0.2) is 0 Å². The highest BCUT2D eigenvalue weighted by Crippen LogP contribution is 2.23. The molecule has 1 saturated heterocycles. The van der Waals surface area contributed by atoms with Crippen molar-refractivity contribution in [2.75, 3.05) is 33.3 Å². The molecule has 0 aliphatic carbocycles. The molecule has 1 N–H and O–H groups in total. The molecule has 19 heavy (non-hydrogen) atoms. The number of hydrogen-bond donors (Lipinski definition) is 1. The van der Waals surface area contributed by atoms with E-state index in [9.17, 15) is 5.11 Å². The van der Waals surface area contributed by atoms with Crippen LogP contribution in [0.15, 0.2) is 30.3 Å². The summed E-state index contributed by atoms with van der Waals surface area (Å²) in [5.74, 6) is 0. The van der Waals surface area contributed by atoms with Crippen molar-refractivity contribution in [2.45, 2.75) is 31.8 Å². The molecule has 1 fully saturated rings. The van der Waals surface area contributed by atoms with Crippen LogP contribution in [-0.4, -0.2) is 59.8 Å². The van der Waals surface area contributed by atoms with E-state index in [-0.39, 0.29) is 18.2 Å². The number of piperazine rings is 1. The molecule has 106 valence electrons. The van der Waals surface area contributed by atoms with Crippen LogP contribution in [0.1, 0.15) is 19.4 Å². The Bertz CT molecular complexity index is 391. The monoisotopic (exact) mass is 262 g/mol. The van der Waals surface area contributed by atoms with E-state index in [0.717, 1.165) is 26.1 Å². The van der Waals surface area contributed by atoms with Gasteiger partial charge in [-0.1, -0.05) is 30.3 Å². The lowest BCUT2D eigenvalue weighted by Gasteiger charge is -2.49. The van der Waals surface area contributed by atoms with Crippen molar-refractivity contribution in [1.29, 1.82) is 0 Å². The van der Waals surface area contributed by atoms with Gasteiger partial charge in [0.25, 0.3) is 0 Å². The maximum atomic E-state index is 9.47. The summed E-state index contributed by atoms with van der Waals surface area (Å²) in [6.07, 6.45) is 1.08. The molecule has 0 aromatic heterocycles. The zero-order valence-electron chi connectivity index (χ0n) is 12.3. The minimum atomic E-state index is 0.176. The highest BCUT2D eigenvalue weighted by molar-refractivity contribution is 5.15. The summed E-state index contributed by atoms with van der Waals surface area (Å²) in [6.45, 7) is 7.85. The number of nitrogens with zero attached hydrogens (tertiary/aromatic N) is 2. The van der Waals surface area contributed by atoms with Crippen LogP contribution in [0.5, 0.6) is 0 Å². The van der Waals surface area contributed by atoms with Gasteiger partial charge < -0.3 is 5.11 Å². The van der Waals surface area contributed by atoms with E-state index in [0.29, 0.717) is 0 Å². The Balaban J connectivity index is 1.97. The van der Waals surface area contributed by atoms with Gasteiger partial charge in [-0.2, -0.15) is 0 Å². The average molecular weight is 262 g/mol. The Morgan fingerprint density at radius 3 is 2.58 bits per heavy atom. The second-order valence-corrected chi connectivity index (χ2v) is 6.25. The van der Waals surface area contributed by atoms with E-state index in [2.05, 4.69) is 61.0 Å². The quantitative estimate of drug-likeness (QED) is 0.893. The lowest BCUT2D eigenvalue weighted by molar-refractivity contribution is -0.0213. The highest BCUT2D eigenvalue weighted by Gasteiger charge is 2.36. The molecule has 1 aromatic rings. The molecule has 2 rings (SSSR count). The molecule has 1 unspecified atom stereocenters. The first-order chi connectivity index (χ1) is 9.03. The highest BCUT2D eigenvalue weighted by atomic mass is 16.3. The molecular formula is C16H26N2O. The number of rotatable bonds is 4. The molecule has 3 nitrogen and oxygen atoms in total. The number of hydrogen-bond acceptors (Lipinski definition) is 3. The van der Waals surface area contributed by atoms with Crippen LogP contribution in [0.25, 0.3) is 0 Å². The Hall–Kier alpha value is -0.900. The lowest BCUT2D eigenvalue weighted by atomic mass is 9.95. The number of aliphatic hydroxyl groups is 1. The van der Waals surface area contributed by atoms with Crippen LogP contribution >= 0.6 is 0 Å². The summed E-state index contributed by atoms with van der Waals surface area (Å²) in [4.78, 5) is 4.79. The summed E-state index contributed by atoms with van der Waals surface area (Å²) >= 11 is 0. The van der Waals surface area contributed by atoms with Gasteiger partial charge >= 0.3 is 0 Å². The lowest BCUT2D eigenvalue weighted by Crippen LogP contribution is -2.63. The molecule has 1 aromatic carbocycles. The van der Waals surface area contributed by atoms with Crippen LogP contribution in [0.3, 0.4) is 0 Å². The fraction of sp³-hybridized carbons (Fsp3) is 0.625. The molecule has 1 aliphatic rings. The van der Waals surface area contributed by atoms with Gasteiger partial charge in [0.15, 0.2) is 0 Å². The summed E-state index contributed by atoms with van der Waals surface area (Å²) in [5, 5.41) is 9.47. The van der Waals surface area contributed by atoms with Crippen molar-refractivity contribution < 1.29 is 5.11 Å². The van der Waals surface area contributed by atoms with E-state index < -0.39 is 0 Å². The topological polar surface area (TPSA) is 26.7 Å².